The molecule has 0 saturated carbocycles. The van der Waals surface area contributed by atoms with Crippen molar-refractivity contribution < 1.29 is 14.4 Å². The fourth-order valence-corrected chi connectivity index (χ4v) is 2.99. The number of carbonyl (C=O) groups is 3. The molecule has 3 rings (SSSR count). The van der Waals surface area contributed by atoms with E-state index in [9.17, 15) is 14.4 Å². The summed E-state index contributed by atoms with van der Waals surface area (Å²) in [5.41, 5.74) is 2.06. The van der Waals surface area contributed by atoms with E-state index in [0.717, 1.165) is 43.3 Å². The fraction of sp³-hybridized carbons (Fsp3) is 0.467. The summed E-state index contributed by atoms with van der Waals surface area (Å²) in [6.45, 7) is 1.79. The average Bonchev–Trinajstić information content (AvgIpc) is 2.91. The SMILES string of the molecule is O=Cc1nc2c(cc1CN1CCCC1=O)CCCN2C=O. The van der Waals surface area contributed by atoms with Crippen LogP contribution in [0.3, 0.4) is 0 Å². The molecule has 1 fully saturated rings. The van der Waals surface area contributed by atoms with Crippen molar-refractivity contribution in [2.75, 3.05) is 18.0 Å². The third-order valence-electron chi connectivity index (χ3n) is 4.08. The van der Waals surface area contributed by atoms with Crippen LogP contribution in [0.2, 0.25) is 0 Å². The second-order valence-corrected chi connectivity index (χ2v) is 5.45. The Bertz CT molecular complexity index is 600. The Kier molecular flexibility index (Phi) is 3.68. The number of nitrogens with zero attached hydrogens (tertiary/aromatic N) is 3. The predicted molar refractivity (Wildman–Crippen MR) is 76.0 cm³/mol. The minimum absolute atomic E-state index is 0.124. The first-order valence-electron chi connectivity index (χ1n) is 7.20. The topological polar surface area (TPSA) is 70.6 Å². The highest BCUT2D eigenvalue weighted by Gasteiger charge is 2.24. The summed E-state index contributed by atoms with van der Waals surface area (Å²) in [5, 5.41) is 0. The number of aldehydes is 1. The Labute approximate surface area is 122 Å². The normalized spacial score (nSPS) is 17.8. The van der Waals surface area contributed by atoms with Crippen molar-refractivity contribution in [1.82, 2.24) is 9.88 Å². The molecule has 0 aromatic carbocycles. The molecule has 6 nitrogen and oxygen atoms in total. The first kappa shape index (κ1) is 13.7. The zero-order chi connectivity index (χ0) is 14.8. The lowest BCUT2D eigenvalue weighted by Crippen LogP contribution is -2.30. The van der Waals surface area contributed by atoms with Crippen LogP contribution >= 0.6 is 0 Å². The molecule has 6 heteroatoms. The van der Waals surface area contributed by atoms with Gasteiger partial charge in [0.05, 0.1) is 0 Å². The Hall–Kier alpha value is -2.24. The van der Waals surface area contributed by atoms with Gasteiger partial charge in [0.25, 0.3) is 0 Å². The molecule has 2 aliphatic rings. The van der Waals surface area contributed by atoms with Gasteiger partial charge in [0, 0.05) is 31.6 Å². The summed E-state index contributed by atoms with van der Waals surface area (Å²) in [7, 11) is 0. The molecule has 0 radical (unpaired) electrons. The smallest absolute Gasteiger partial charge is 0.222 e. The molecule has 110 valence electrons. The molecule has 1 aromatic heterocycles. The molecule has 0 N–H and O–H groups in total. The fourth-order valence-electron chi connectivity index (χ4n) is 2.99. The predicted octanol–water partition coefficient (Wildman–Crippen LogP) is 0.925. The van der Waals surface area contributed by atoms with Gasteiger partial charge in [0.15, 0.2) is 6.29 Å². The van der Waals surface area contributed by atoms with Crippen molar-refractivity contribution in [3.63, 3.8) is 0 Å². The summed E-state index contributed by atoms with van der Waals surface area (Å²) in [6.07, 6.45) is 4.62. The Morgan fingerprint density at radius 3 is 2.67 bits per heavy atom. The number of aryl methyl sites for hydroxylation is 1. The van der Waals surface area contributed by atoms with Crippen molar-refractivity contribution in [2.24, 2.45) is 0 Å². The van der Waals surface area contributed by atoms with Gasteiger partial charge >= 0.3 is 0 Å². The number of amides is 2. The first-order chi connectivity index (χ1) is 10.2. The minimum Gasteiger partial charge on any atom is -0.338 e. The number of anilines is 1. The zero-order valence-corrected chi connectivity index (χ0v) is 11.7. The van der Waals surface area contributed by atoms with Crippen molar-refractivity contribution in [3.05, 3.63) is 22.9 Å². The molecule has 3 heterocycles. The monoisotopic (exact) mass is 287 g/mol. The number of pyridine rings is 1. The van der Waals surface area contributed by atoms with Crippen molar-refractivity contribution in [2.45, 2.75) is 32.2 Å². The molecular weight excluding hydrogens is 270 g/mol. The lowest BCUT2D eigenvalue weighted by Gasteiger charge is -2.26. The summed E-state index contributed by atoms with van der Waals surface area (Å²) < 4.78 is 0. The Morgan fingerprint density at radius 2 is 2.00 bits per heavy atom. The van der Waals surface area contributed by atoms with Crippen LogP contribution in [0.4, 0.5) is 5.82 Å². The lowest BCUT2D eigenvalue weighted by molar-refractivity contribution is -0.128. The standard InChI is InChI=1S/C15H17N3O3/c19-9-13-12(8-17-5-2-4-14(17)21)7-11-3-1-6-18(10-20)15(11)16-13/h7,9-10H,1-6,8H2. The van der Waals surface area contributed by atoms with Crippen LogP contribution in [0.5, 0.6) is 0 Å². The maximum atomic E-state index is 11.7. The van der Waals surface area contributed by atoms with Gasteiger partial charge in [-0.25, -0.2) is 4.98 Å². The van der Waals surface area contributed by atoms with Gasteiger partial charge in [0.2, 0.25) is 12.3 Å². The highest BCUT2D eigenvalue weighted by Crippen LogP contribution is 2.27. The summed E-state index contributed by atoms with van der Waals surface area (Å²) >= 11 is 0. The molecule has 1 saturated heterocycles. The van der Waals surface area contributed by atoms with E-state index in [1.54, 1.807) is 4.90 Å². The van der Waals surface area contributed by atoms with E-state index in [0.29, 0.717) is 37.3 Å². The van der Waals surface area contributed by atoms with Crippen LogP contribution in [-0.2, 0) is 22.6 Å². The lowest BCUT2D eigenvalue weighted by atomic mass is 10.0. The maximum absolute atomic E-state index is 11.7. The van der Waals surface area contributed by atoms with Gasteiger partial charge in [-0.05, 0) is 30.9 Å². The quantitative estimate of drug-likeness (QED) is 0.772. The number of rotatable bonds is 4. The molecule has 0 spiro atoms. The number of fused-ring (bicyclic) bond motifs is 1. The van der Waals surface area contributed by atoms with E-state index in [1.807, 2.05) is 6.07 Å². The Morgan fingerprint density at radius 1 is 1.19 bits per heavy atom. The number of hydrogen-bond donors (Lipinski definition) is 0. The van der Waals surface area contributed by atoms with Gasteiger partial charge in [0.1, 0.15) is 11.5 Å². The highest BCUT2D eigenvalue weighted by atomic mass is 16.2. The number of carbonyl (C=O) groups excluding carboxylic acids is 3. The van der Waals surface area contributed by atoms with Gasteiger partial charge in [-0.2, -0.15) is 0 Å². The molecule has 0 bridgehead atoms. The van der Waals surface area contributed by atoms with Crippen LogP contribution in [0.15, 0.2) is 6.07 Å². The van der Waals surface area contributed by atoms with Crippen molar-refractivity contribution in [1.29, 1.82) is 0 Å². The maximum Gasteiger partial charge on any atom is 0.222 e. The largest absolute Gasteiger partial charge is 0.338 e. The van der Waals surface area contributed by atoms with Crippen LogP contribution in [0, 0.1) is 0 Å². The van der Waals surface area contributed by atoms with Crippen LogP contribution in [0.1, 0.15) is 40.9 Å². The number of aromatic nitrogens is 1. The number of likely N-dealkylation sites (tertiary alicyclic amines) is 1. The third kappa shape index (κ3) is 2.53. The average molecular weight is 287 g/mol. The van der Waals surface area contributed by atoms with E-state index < -0.39 is 0 Å². The summed E-state index contributed by atoms with van der Waals surface area (Å²) in [5.74, 6) is 0.703. The van der Waals surface area contributed by atoms with Gasteiger partial charge in [-0.3, -0.25) is 19.3 Å². The highest BCUT2D eigenvalue weighted by molar-refractivity contribution is 5.82. The van der Waals surface area contributed by atoms with Crippen molar-refractivity contribution in [3.8, 4) is 0 Å². The van der Waals surface area contributed by atoms with Crippen LogP contribution < -0.4 is 4.90 Å². The molecule has 2 amide bonds. The molecule has 0 atom stereocenters. The van der Waals surface area contributed by atoms with E-state index >= 15 is 0 Å². The molecule has 1 aromatic rings. The van der Waals surface area contributed by atoms with Gasteiger partial charge < -0.3 is 4.90 Å². The molecule has 0 aliphatic carbocycles. The van der Waals surface area contributed by atoms with E-state index in [4.69, 9.17) is 0 Å². The van der Waals surface area contributed by atoms with E-state index in [1.165, 1.54) is 4.90 Å². The Balaban J connectivity index is 1.95. The molecule has 21 heavy (non-hydrogen) atoms. The third-order valence-corrected chi connectivity index (χ3v) is 4.08. The van der Waals surface area contributed by atoms with E-state index in [2.05, 4.69) is 4.98 Å². The van der Waals surface area contributed by atoms with Gasteiger partial charge in [-0.1, -0.05) is 0 Å². The van der Waals surface area contributed by atoms with E-state index in [-0.39, 0.29) is 5.91 Å². The van der Waals surface area contributed by atoms with Gasteiger partial charge in [-0.15, -0.1) is 0 Å². The molecular formula is C15H17N3O3. The second-order valence-electron chi connectivity index (χ2n) is 5.45. The molecule has 2 aliphatic heterocycles. The van der Waals surface area contributed by atoms with Crippen LogP contribution in [-0.4, -0.2) is 41.6 Å². The van der Waals surface area contributed by atoms with Crippen LogP contribution in [0.25, 0.3) is 0 Å². The summed E-state index contributed by atoms with van der Waals surface area (Å²) in [6, 6.07) is 1.92. The minimum atomic E-state index is 0.124. The summed E-state index contributed by atoms with van der Waals surface area (Å²) in [4.78, 5) is 41.7. The first-order valence-corrected chi connectivity index (χ1v) is 7.20. The van der Waals surface area contributed by atoms with Crippen molar-refractivity contribution >= 4 is 24.4 Å². The molecule has 0 unspecified atom stereocenters. The second kappa shape index (κ2) is 5.63. The zero-order valence-electron chi connectivity index (χ0n) is 11.7. The number of hydrogen-bond acceptors (Lipinski definition) is 4.